The lowest BCUT2D eigenvalue weighted by atomic mass is 10.1. The summed E-state index contributed by atoms with van der Waals surface area (Å²) in [6, 6.07) is 17.2. The Kier molecular flexibility index (Phi) is 5.01. The summed E-state index contributed by atoms with van der Waals surface area (Å²) in [5.74, 6) is 0.473. The number of rotatable bonds is 5. The van der Waals surface area contributed by atoms with Crippen molar-refractivity contribution in [1.29, 1.82) is 0 Å². The highest BCUT2D eigenvalue weighted by molar-refractivity contribution is 7.92. The van der Waals surface area contributed by atoms with Crippen LogP contribution in [-0.2, 0) is 10.0 Å². The SMILES string of the molecule is COc1ccc(-c2cc(=O)c3ccc(NS(=O)(=O)c4ccc(F)cc4)cc3o2)cc1. The van der Waals surface area contributed by atoms with Gasteiger partial charge in [-0.15, -0.1) is 0 Å². The number of anilines is 1. The van der Waals surface area contributed by atoms with Gasteiger partial charge in [-0.1, -0.05) is 0 Å². The zero-order valence-electron chi connectivity index (χ0n) is 15.8. The Balaban J connectivity index is 1.72. The fourth-order valence-electron chi connectivity index (χ4n) is 2.94. The van der Waals surface area contributed by atoms with E-state index in [2.05, 4.69) is 4.72 Å². The van der Waals surface area contributed by atoms with E-state index in [1.807, 2.05) is 0 Å². The monoisotopic (exact) mass is 425 g/mol. The maximum absolute atomic E-state index is 13.1. The molecule has 0 fully saturated rings. The van der Waals surface area contributed by atoms with Crippen LogP contribution >= 0.6 is 0 Å². The van der Waals surface area contributed by atoms with E-state index in [-0.39, 0.29) is 21.6 Å². The zero-order valence-corrected chi connectivity index (χ0v) is 16.6. The van der Waals surface area contributed by atoms with E-state index in [9.17, 15) is 17.6 Å². The molecule has 0 amide bonds. The lowest BCUT2D eigenvalue weighted by Gasteiger charge is -2.09. The van der Waals surface area contributed by atoms with Crippen molar-refractivity contribution in [2.45, 2.75) is 4.90 Å². The van der Waals surface area contributed by atoms with E-state index in [0.29, 0.717) is 22.5 Å². The summed E-state index contributed by atoms with van der Waals surface area (Å²) in [5, 5.41) is 0.317. The van der Waals surface area contributed by atoms with E-state index >= 15 is 0 Å². The van der Waals surface area contributed by atoms with Crippen LogP contribution < -0.4 is 14.9 Å². The van der Waals surface area contributed by atoms with Crippen LogP contribution in [0.5, 0.6) is 5.75 Å². The molecule has 0 spiro atoms. The van der Waals surface area contributed by atoms with Gasteiger partial charge in [0.15, 0.2) is 5.43 Å². The molecular weight excluding hydrogens is 409 g/mol. The highest BCUT2D eigenvalue weighted by Gasteiger charge is 2.15. The molecule has 3 aromatic carbocycles. The number of ether oxygens (including phenoxy) is 1. The third-order valence-electron chi connectivity index (χ3n) is 4.48. The molecule has 152 valence electrons. The van der Waals surface area contributed by atoms with E-state index in [4.69, 9.17) is 9.15 Å². The maximum atomic E-state index is 13.1. The van der Waals surface area contributed by atoms with Gasteiger partial charge >= 0.3 is 0 Å². The Bertz CT molecular complexity index is 1380. The molecule has 4 rings (SSSR count). The molecule has 8 heteroatoms. The molecule has 0 radical (unpaired) electrons. The molecule has 30 heavy (non-hydrogen) atoms. The normalized spacial score (nSPS) is 11.4. The molecule has 4 aromatic rings. The van der Waals surface area contributed by atoms with Crippen molar-refractivity contribution in [2.24, 2.45) is 0 Å². The Labute approximate surface area is 171 Å². The van der Waals surface area contributed by atoms with Gasteiger partial charge in [-0.2, -0.15) is 0 Å². The number of fused-ring (bicyclic) bond motifs is 1. The summed E-state index contributed by atoms with van der Waals surface area (Å²) in [7, 11) is -2.37. The van der Waals surface area contributed by atoms with Gasteiger partial charge in [-0.05, 0) is 60.7 Å². The molecule has 1 aromatic heterocycles. The summed E-state index contributed by atoms with van der Waals surface area (Å²) in [4.78, 5) is 12.4. The smallest absolute Gasteiger partial charge is 0.261 e. The van der Waals surface area contributed by atoms with Crippen molar-refractivity contribution in [3.05, 3.63) is 88.8 Å². The standard InChI is InChI=1S/C22H16FNO5S/c1-28-17-7-2-14(3-8-17)21-13-20(25)19-11-6-16(12-22(19)29-21)24-30(26,27)18-9-4-15(23)5-10-18/h2-13,24H,1H3. The second-order valence-corrected chi connectivity index (χ2v) is 8.16. The lowest BCUT2D eigenvalue weighted by Crippen LogP contribution is -2.13. The van der Waals surface area contributed by atoms with Crippen LogP contribution in [0, 0.1) is 5.82 Å². The number of hydrogen-bond acceptors (Lipinski definition) is 5. The molecule has 6 nitrogen and oxygen atoms in total. The van der Waals surface area contributed by atoms with Crippen LogP contribution in [-0.4, -0.2) is 15.5 Å². The first-order valence-corrected chi connectivity index (χ1v) is 10.3. The quantitative estimate of drug-likeness (QED) is 0.512. The third kappa shape index (κ3) is 3.90. The van der Waals surface area contributed by atoms with Gasteiger partial charge in [0.25, 0.3) is 10.0 Å². The third-order valence-corrected chi connectivity index (χ3v) is 5.88. The Morgan fingerprint density at radius 2 is 1.63 bits per heavy atom. The van der Waals surface area contributed by atoms with Crippen LogP contribution in [0.3, 0.4) is 0 Å². The molecule has 0 aliphatic carbocycles. The largest absolute Gasteiger partial charge is 0.497 e. The highest BCUT2D eigenvalue weighted by atomic mass is 32.2. The van der Waals surface area contributed by atoms with Gasteiger partial charge in [0.2, 0.25) is 0 Å². The van der Waals surface area contributed by atoms with E-state index in [0.717, 1.165) is 12.1 Å². The number of methoxy groups -OCH3 is 1. The van der Waals surface area contributed by atoms with Crippen LogP contribution in [0.1, 0.15) is 0 Å². The number of nitrogens with one attached hydrogen (secondary N) is 1. The van der Waals surface area contributed by atoms with Crippen LogP contribution in [0.25, 0.3) is 22.3 Å². The first kappa shape index (κ1) is 19.7. The fourth-order valence-corrected chi connectivity index (χ4v) is 3.99. The van der Waals surface area contributed by atoms with E-state index in [1.54, 1.807) is 31.4 Å². The van der Waals surface area contributed by atoms with Crippen LogP contribution in [0.15, 0.2) is 86.9 Å². The zero-order chi connectivity index (χ0) is 21.3. The van der Waals surface area contributed by atoms with Crippen molar-refractivity contribution in [1.82, 2.24) is 0 Å². The van der Waals surface area contributed by atoms with Crippen LogP contribution in [0.2, 0.25) is 0 Å². The van der Waals surface area contributed by atoms with Gasteiger partial charge in [0, 0.05) is 17.7 Å². The predicted molar refractivity (Wildman–Crippen MR) is 112 cm³/mol. The number of benzene rings is 3. The average molecular weight is 425 g/mol. The van der Waals surface area contributed by atoms with Crippen molar-refractivity contribution in [3.63, 3.8) is 0 Å². The van der Waals surface area contributed by atoms with Gasteiger partial charge in [0.1, 0.15) is 22.9 Å². The number of sulfonamides is 1. The topological polar surface area (TPSA) is 85.6 Å². The van der Waals surface area contributed by atoms with Gasteiger partial charge < -0.3 is 9.15 Å². The highest BCUT2D eigenvalue weighted by Crippen LogP contribution is 2.26. The average Bonchev–Trinajstić information content (AvgIpc) is 2.73. The van der Waals surface area contributed by atoms with Crippen LogP contribution in [0.4, 0.5) is 10.1 Å². The summed E-state index contributed by atoms with van der Waals surface area (Å²) in [6.07, 6.45) is 0. The second kappa shape index (κ2) is 7.64. The van der Waals surface area contributed by atoms with Gasteiger partial charge in [-0.3, -0.25) is 9.52 Å². The molecule has 0 bridgehead atoms. The minimum atomic E-state index is -3.93. The van der Waals surface area contributed by atoms with Crippen molar-refractivity contribution >= 4 is 26.7 Å². The van der Waals surface area contributed by atoms with Gasteiger partial charge in [0.05, 0.1) is 23.1 Å². The minimum absolute atomic E-state index is 0.0857. The van der Waals surface area contributed by atoms with Crippen molar-refractivity contribution in [3.8, 4) is 17.1 Å². The fraction of sp³-hybridized carbons (Fsp3) is 0.0455. The summed E-state index contributed by atoms with van der Waals surface area (Å²) in [5.41, 5.74) is 0.858. The molecule has 0 aliphatic heterocycles. The van der Waals surface area contributed by atoms with E-state index < -0.39 is 15.8 Å². The molecule has 0 saturated carbocycles. The number of halogens is 1. The Morgan fingerprint density at radius 1 is 0.933 bits per heavy atom. The Morgan fingerprint density at radius 3 is 2.30 bits per heavy atom. The summed E-state index contributed by atoms with van der Waals surface area (Å²) in [6.45, 7) is 0. The van der Waals surface area contributed by atoms with Gasteiger partial charge in [-0.25, -0.2) is 12.8 Å². The predicted octanol–water partition coefficient (Wildman–Crippen LogP) is 4.41. The lowest BCUT2D eigenvalue weighted by molar-refractivity contribution is 0.415. The molecule has 0 atom stereocenters. The van der Waals surface area contributed by atoms with Crippen molar-refractivity contribution in [2.75, 3.05) is 11.8 Å². The first-order valence-electron chi connectivity index (χ1n) is 8.86. The minimum Gasteiger partial charge on any atom is -0.497 e. The Hall–Kier alpha value is -3.65. The molecule has 0 aliphatic rings. The molecular formula is C22H16FNO5S. The van der Waals surface area contributed by atoms with Crippen molar-refractivity contribution < 1.29 is 22.0 Å². The van der Waals surface area contributed by atoms with E-state index in [1.165, 1.54) is 36.4 Å². The molecule has 0 saturated heterocycles. The molecule has 0 unspecified atom stereocenters. The number of hydrogen-bond donors (Lipinski definition) is 1. The molecule has 1 N–H and O–H groups in total. The second-order valence-electron chi connectivity index (χ2n) is 6.47. The summed E-state index contributed by atoms with van der Waals surface area (Å²) >= 11 is 0. The molecule has 1 heterocycles. The summed E-state index contributed by atoms with van der Waals surface area (Å²) < 4.78 is 51.5. The first-order chi connectivity index (χ1) is 14.4. The maximum Gasteiger partial charge on any atom is 0.261 e.